The van der Waals surface area contributed by atoms with Crippen molar-refractivity contribution in [1.82, 2.24) is 9.78 Å². The number of hydrogen-bond donors (Lipinski definition) is 0. The van der Waals surface area contributed by atoms with Crippen LogP contribution in [0.4, 0.5) is 4.39 Å². The Bertz CT molecular complexity index is 476. The zero-order valence-electron chi connectivity index (χ0n) is 7.96. The van der Waals surface area contributed by atoms with Gasteiger partial charge in [-0.2, -0.15) is 5.10 Å². The van der Waals surface area contributed by atoms with Crippen LogP contribution in [0.2, 0.25) is 0 Å². The number of halogens is 2. The summed E-state index contributed by atoms with van der Waals surface area (Å²) in [5.74, 6) is 0. The molecule has 0 aliphatic rings. The fourth-order valence-corrected chi connectivity index (χ4v) is 1.92. The minimum atomic E-state index is -1.03. The van der Waals surface area contributed by atoms with Crippen molar-refractivity contribution >= 4 is 26.8 Å². The molecule has 1 aromatic carbocycles. The van der Waals surface area contributed by atoms with Crippen LogP contribution in [0, 0.1) is 0 Å². The number of aromatic nitrogens is 2. The monoisotopic (exact) mass is 256 g/mol. The maximum absolute atomic E-state index is 13.2. The van der Waals surface area contributed by atoms with E-state index in [4.69, 9.17) is 0 Å². The summed E-state index contributed by atoms with van der Waals surface area (Å²) >= 11 is 3.37. The zero-order chi connectivity index (χ0) is 10.3. The second-order valence-electron chi connectivity index (χ2n) is 3.29. The van der Waals surface area contributed by atoms with Crippen LogP contribution >= 0.6 is 15.9 Å². The first kappa shape index (κ1) is 9.65. The lowest BCUT2D eigenvalue weighted by Crippen LogP contribution is -1.92. The summed E-state index contributed by atoms with van der Waals surface area (Å²) in [5, 5.41) is 5.02. The van der Waals surface area contributed by atoms with Crippen LogP contribution in [0.1, 0.15) is 18.8 Å². The van der Waals surface area contributed by atoms with Gasteiger partial charge < -0.3 is 0 Å². The lowest BCUT2D eigenvalue weighted by molar-refractivity contribution is 0.365. The molecule has 0 aliphatic carbocycles. The van der Waals surface area contributed by atoms with Gasteiger partial charge in [0.2, 0.25) is 0 Å². The molecule has 0 aliphatic heterocycles. The fraction of sp³-hybridized carbons (Fsp3) is 0.300. The second-order valence-corrected chi connectivity index (χ2v) is 4.20. The van der Waals surface area contributed by atoms with E-state index in [1.165, 1.54) is 6.92 Å². The average molecular weight is 257 g/mol. The summed E-state index contributed by atoms with van der Waals surface area (Å²) in [4.78, 5) is 0. The minimum Gasteiger partial charge on any atom is -0.268 e. The molecule has 0 radical (unpaired) electrons. The fourth-order valence-electron chi connectivity index (χ4n) is 1.56. The molecule has 1 unspecified atom stereocenters. The largest absolute Gasteiger partial charge is 0.268 e. The van der Waals surface area contributed by atoms with Crippen LogP contribution in [-0.4, -0.2) is 9.78 Å². The van der Waals surface area contributed by atoms with Gasteiger partial charge in [0.25, 0.3) is 0 Å². The van der Waals surface area contributed by atoms with E-state index >= 15 is 0 Å². The van der Waals surface area contributed by atoms with Crippen molar-refractivity contribution in [3.63, 3.8) is 0 Å². The van der Waals surface area contributed by atoms with E-state index in [1.54, 1.807) is 4.68 Å². The van der Waals surface area contributed by atoms with Crippen molar-refractivity contribution in [2.75, 3.05) is 0 Å². The summed E-state index contributed by atoms with van der Waals surface area (Å²) in [5.41, 5.74) is 1.46. The molecule has 0 amide bonds. The predicted octanol–water partition coefficient (Wildman–Crippen LogP) is 3.37. The number of fused-ring (bicyclic) bond motifs is 1. The molecule has 74 valence electrons. The zero-order valence-corrected chi connectivity index (χ0v) is 9.55. The molecule has 4 heteroatoms. The summed E-state index contributed by atoms with van der Waals surface area (Å²) in [6.45, 7) is 1.50. The molecule has 2 rings (SSSR count). The van der Waals surface area contributed by atoms with E-state index < -0.39 is 6.17 Å². The molecular weight excluding hydrogens is 247 g/mol. The lowest BCUT2D eigenvalue weighted by atomic mass is 10.1. The standard InChI is InChI=1S/C10H10BrFN2/c1-6(12)10-8-5-7(11)3-4-9(8)14(2)13-10/h3-6H,1-2H3. The maximum Gasteiger partial charge on any atom is 0.142 e. The Labute approximate surface area is 89.8 Å². The number of rotatable bonds is 1. The van der Waals surface area contributed by atoms with Crippen LogP contribution in [0.5, 0.6) is 0 Å². The average Bonchev–Trinajstić information content (AvgIpc) is 2.43. The van der Waals surface area contributed by atoms with Crippen molar-refractivity contribution in [3.05, 3.63) is 28.4 Å². The third-order valence-electron chi connectivity index (χ3n) is 2.22. The third kappa shape index (κ3) is 1.43. The van der Waals surface area contributed by atoms with Gasteiger partial charge in [0.15, 0.2) is 0 Å². The first-order valence-electron chi connectivity index (χ1n) is 4.36. The highest BCUT2D eigenvalue weighted by molar-refractivity contribution is 9.10. The Balaban J connectivity index is 2.79. The Morgan fingerprint density at radius 1 is 1.50 bits per heavy atom. The van der Waals surface area contributed by atoms with Gasteiger partial charge in [-0.15, -0.1) is 0 Å². The highest BCUT2D eigenvalue weighted by Gasteiger charge is 2.13. The molecule has 2 aromatic rings. The molecule has 1 heterocycles. The molecule has 0 fully saturated rings. The lowest BCUT2D eigenvalue weighted by Gasteiger charge is -1.96. The van der Waals surface area contributed by atoms with Gasteiger partial charge in [0, 0.05) is 16.9 Å². The molecule has 2 nitrogen and oxygen atoms in total. The smallest absolute Gasteiger partial charge is 0.142 e. The van der Waals surface area contributed by atoms with Gasteiger partial charge >= 0.3 is 0 Å². The molecule has 0 bridgehead atoms. The molecular formula is C10H10BrFN2. The van der Waals surface area contributed by atoms with Gasteiger partial charge in [0.1, 0.15) is 11.9 Å². The van der Waals surface area contributed by atoms with Crippen LogP contribution in [0.25, 0.3) is 10.9 Å². The Hall–Kier alpha value is -0.900. The van der Waals surface area contributed by atoms with Crippen LogP contribution in [-0.2, 0) is 7.05 Å². The Kier molecular flexibility index (Phi) is 2.31. The van der Waals surface area contributed by atoms with Gasteiger partial charge in [-0.1, -0.05) is 15.9 Å². The van der Waals surface area contributed by atoms with Gasteiger partial charge in [0.05, 0.1) is 5.52 Å². The van der Waals surface area contributed by atoms with Crippen molar-refractivity contribution in [2.45, 2.75) is 13.1 Å². The van der Waals surface area contributed by atoms with Gasteiger partial charge in [-0.3, -0.25) is 4.68 Å². The van der Waals surface area contributed by atoms with E-state index in [2.05, 4.69) is 21.0 Å². The molecule has 14 heavy (non-hydrogen) atoms. The number of nitrogens with zero attached hydrogens (tertiary/aromatic N) is 2. The number of alkyl halides is 1. The van der Waals surface area contributed by atoms with Gasteiger partial charge in [-0.25, -0.2) is 4.39 Å². The van der Waals surface area contributed by atoms with Crippen molar-refractivity contribution < 1.29 is 4.39 Å². The van der Waals surface area contributed by atoms with Gasteiger partial charge in [-0.05, 0) is 25.1 Å². The topological polar surface area (TPSA) is 17.8 Å². The number of hydrogen-bond acceptors (Lipinski definition) is 1. The van der Waals surface area contributed by atoms with E-state index in [9.17, 15) is 4.39 Å². The summed E-state index contributed by atoms with van der Waals surface area (Å²) in [7, 11) is 1.82. The Morgan fingerprint density at radius 2 is 2.21 bits per heavy atom. The summed E-state index contributed by atoms with van der Waals surface area (Å²) in [6.07, 6.45) is -1.03. The van der Waals surface area contributed by atoms with Crippen molar-refractivity contribution in [1.29, 1.82) is 0 Å². The third-order valence-corrected chi connectivity index (χ3v) is 2.71. The summed E-state index contributed by atoms with van der Waals surface area (Å²) < 4.78 is 15.9. The molecule has 1 aromatic heterocycles. The van der Waals surface area contributed by atoms with Crippen LogP contribution < -0.4 is 0 Å². The van der Waals surface area contributed by atoms with E-state index in [-0.39, 0.29) is 0 Å². The van der Waals surface area contributed by atoms with E-state index in [0.717, 1.165) is 15.4 Å². The molecule has 0 spiro atoms. The van der Waals surface area contributed by atoms with Crippen molar-refractivity contribution in [2.24, 2.45) is 7.05 Å². The number of benzene rings is 1. The van der Waals surface area contributed by atoms with E-state index in [0.29, 0.717) is 5.69 Å². The van der Waals surface area contributed by atoms with Crippen LogP contribution in [0.3, 0.4) is 0 Å². The quantitative estimate of drug-likeness (QED) is 0.765. The maximum atomic E-state index is 13.2. The van der Waals surface area contributed by atoms with Crippen molar-refractivity contribution in [3.8, 4) is 0 Å². The molecule has 1 atom stereocenters. The minimum absolute atomic E-state index is 0.504. The number of aryl methyl sites for hydroxylation is 1. The highest BCUT2D eigenvalue weighted by atomic mass is 79.9. The second kappa shape index (κ2) is 3.35. The normalized spacial score (nSPS) is 13.4. The first-order valence-corrected chi connectivity index (χ1v) is 5.15. The SMILES string of the molecule is CC(F)c1nn(C)c2ccc(Br)cc12. The van der Waals surface area contributed by atoms with Crippen LogP contribution in [0.15, 0.2) is 22.7 Å². The highest BCUT2D eigenvalue weighted by Crippen LogP contribution is 2.27. The first-order chi connectivity index (χ1) is 6.59. The summed E-state index contributed by atoms with van der Waals surface area (Å²) in [6, 6.07) is 5.75. The Morgan fingerprint density at radius 3 is 2.86 bits per heavy atom. The molecule has 0 saturated heterocycles. The molecule has 0 saturated carbocycles. The predicted molar refractivity (Wildman–Crippen MR) is 57.9 cm³/mol. The molecule has 0 N–H and O–H groups in total. The van der Waals surface area contributed by atoms with E-state index in [1.807, 2.05) is 25.2 Å².